The molecule has 0 unspecified atom stereocenters. The third kappa shape index (κ3) is 4.22. The lowest BCUT2D eigenvalue weighted by molar-refractivity contribution is -0.384. The van der Waals surface area contributed by atoms with E-state index in [4.69, 9.17) is 4.74 Å². The second-order valence-electron chi connectivity index (χ2n) is 5.03. The third-order valence-corrected chi connectivity index (χ3v) is 3.53. The van der Waals surface area contributed by atoms with Crippen LogP contribution in [0, 0.1) is 16.0 Å². The highest BCUT2D eigenvalue weighted by Crippen LogP contribution is 2.23. The summed E-state index contributed by atoms with van der Waals surface area (Å²) in [6.45, 7) is 0.785. The molecule has 0 bridgehead atoms. The summed E-state index contributed by atoms with van der Waals surface area (Å²) in [5.41, 5.74) is 0.756. The van der Waals surface area contributed by atoms with E-state index in [2.05, 4.69) is 5.32 Å². The fourth-order valence-corrected chi connectivity index (χ4v) is 2.36. The zero-order valence-corrected chi connectivity index (χ0v) is 11.2. The van der Waals surface area contributed by atoms with Gasteiger partial charge in [-0.15, -0.1) is 0 Å². The molecule has 0 aliphatic heterocycles. The molecule has 6 heteroatoms. The summed E-state index contributed by atoms with van der Waals surface area (Å²) in [7, 11) is 0. The number of rotatable bonds is 5. The van der Waals surface area contributed by atoms with Gasteiger partial charge in [-0.25, -0.2) is 4.79 Å². The van der Waals surface area contributed by atoms with Crippen LogP contribution in [0.3, 0.4) is 0 Å². The minimum absolute atomic E-state index is 0.0273. The summed E-state index contributed by atoms with van der Waals surface area (Å²) in [6, 6.07) is 5.97. The molecule has 1 aliphatic rings. The quantitative estimate of drug-likeness (QED) is 0.663. The Kier molecular flexibility index (Phi) is 4.92. The fourth-order valence-electron chi connectivity index (χ4n) is 2.36. The Morgan fingerprint density at radius 2 is 1.95 bits per heavy atom. The molecule has 0 atom stereocenters. The average molecular weight is 278 g/mol. The van der Waals surface area contributed by atoms with Crippen LogP contribution in [0.15, 0.2) is 24.3 Å². The normalized spacial score (nSPS) is 15.0. The number of carbonyl (C=O) groups is 1. The van der Waals surface area contributed by atoms with Crippen molar-refractivity contribution in [2.24, 2.45) is 5.92 Å². The van der Waals surface area contributed by atoms with Crippen molar-refractivity contribution in [3.05, 3.63) is 39.9 Å². The van der Waals surface area contributed by atoms with Crippen molar-refractivity contribution in [3.8, 4) is 0 Å². The van der Waals surface area contributed by atoms with Crippen LogP contribution >= 0.6 is 0 Å². The second-order valence-corrected chi connectivity index (χ2v) is 5.03. The van der Waals surface area contributed by atoms with Crippen molar-refractivity contribution in [1.82, 2.24) is 5.32 Å². The summed E-state index contributed by atoms with van der Waals surface area (Å²) < 4.78 is 5.07. The number of nitrogens with one attached hydrogen (secondary N) is 1. The maximum Gasteiger partial charge on any atom is 0.407 e. The fraction of sp³-hybridized carbons (Fsp3) is 0.500. The van der Waals surface area contributed by atoms with Crippen LogP contribution in [-0.4, -0.2) is 17.6 Å². The molecule has 1 saturated carbocycles. The third-order valence-electron chi connectivity index (χ3n) is 3.53. The summed E-state index contributed by atoms with van der Waals surface area (Å²) in [6.07, 6.45) is 4.38. The molecule has 0 heterocycles. The van der Waals surface area contributed by atoms with Crippen LogP contribution in [0.1, 0.15) is 31.2 Å². The van der Waals surface area contributed by atoms with Gasteiger partial charge in [-0.1, -0.05) is 12.8 Å². The molecule has 0 saturated heterocycles. The van der Waals surface area contributed by atoms with Gasteiger partial charge < -0.3 is 10.1 Å². The summed E-state index contributed by atoms with van der Waals surface area (Å²) in [5, 5.41) is 13.3. The first-order chi connectivity index (χ1) is 9.65. The predicted molar refractivity (Wildman–Crippen MR) is 73.2 cm³/mol. The molecule has 0 aromatic heterocycles. The molecule has 20 heavy (non-hydrogen) atoms. The summed E-state index contributed by atoms with van der Waals surface area (Å²) in [5.74, 6) is 0.571. The number of ether oxygens (including phenoxy) is 1. The van der Waals surface area contributed by atoms with Crippen molar-refractivity contribution in [2.75, 3.05) is 6.54 Å². The van der Waals surface area contributed by atoms with Crippen molar-refractivity contribution in [3.63, 3.8) is 0 Å². The number of benzene rings is 1. The number of amides is 1. The van der Waals surface area contributed by atoms with Crippen molar-refractivity contribution < 1.29 is 14.5 Å². The Labute approximate surface area is 117 Å². The first kappa shape index (κ1) is 14.3. The Hall–Kier alpha value is -2.11. The van der Waals surface area contributed by atoms with Gasteiger partial charge in [0.1, 0.15) is 6.61 Å². The SMILES string of the molecule is O=C(NCC1CCCC1)OCc1ccc([N+](=O)[O-])cc1. The van der Waals surface area contributed by atoms with Gasteiger partial charge >= 0.3 is 6.09 Å². The van der Waals surface area contributed by atoms with E-state index in [1.165, 1.54) is 37.8 Å². The van der Waals surface area contributed by atoms with Crippen LogP contribution < -0.4 is 5.32 Å². The highest BCUT2D eigenvalue weighted by Gasteiger charge is 2.16. The largest absolute Gasteiger partial charge is 0.445 e. The summed E-state index contributed by atoms with van der Waals surface area (Å²) >= 11 is 0. The van der Waals surface area contributed by atoms with Crippen molar-refractivity contribution in [1.29, 1.82) is 0 Å². The smallest absolute Gasteiger partial charge is 0.407 e. The molecule has 1 aliphatic carbocycles. The predicted octanol–water partition coefficient (Wildman–Crippen LogP) is 3.01. The first-order valence-corrected chi connectivity index (χ1v) is 6.79. The lowest BCUT2D eigenvalue weighted by Crippen LogP contribution is -2.28. The summed E-state index contributed by atoms with van der Waals surface area (Å²) in [4.78, 5) is 21.5. The number of nitro benzene ring substituents is 1. The molecule has 6 nitrogen and oxygen atoms in total. The van der Waals surface area contributed by atoms with E-state index in [0.717, 1.165) is 5.56 Å². The van der Waals surface area contributed by atoms with Gasteiger partial charge in [-0.3, -0.25) is 10.1 Å². The van der Waals surface area contributed by atoms with Gasteiger partial charge in [0.2, 0.25) is 0 Å². The number of alkyl carbamates (subject to hydrolysis) is 1. The lowest BCUT2D eigenvalue weighted by atomic mass is 10.1. The van der Waals surface area contributed by atoms with Crippen LogP contribution in [0.4, 0.5) is 10.5 Å². The zero-order chi connectivity index (χ0) is 14.4. The van der Waals surface area contributed by atoms with Crippen LogP contribution in [0.2, 0.25) is 0 Å². The standard InChI is InChI=1S/C14H18N2O4/c17-14(15-9-11-3-1-2-4-11)20-10-12-5-7-13(8-6-12)16(18)19/h5-8,11H,1-4,9-10H2,(H,15,17). The van der Waals surface area contributed by atoms with E-state index in [1.807, 2.05) is 0 Å². The van der Waals surface area contributed by atoms with Crippen LogP contribution in [0.25, 0.3) is 0 Å². The Balaban J connectivity index is 1.70. The van der Waals surface area contributed by atoms with E-state index in [0.29, 0.717) is 12.5 Å². The lowest BCUT2D eigenvalue weighted by Gasteiger charge is -2.11. The zero-order valence-electron chi connectivity index (χ0n) is 11.2. The molecular formula is C14H18N2O4. The van der Waals surface area contributed by atoms with Gasteiger partial charge in [0.15, 0.2) is 0 Å². The van der Waals surface area contributed by atoms with Crippen molar-refractivity contribution >= 4 is 11.8 Å². The second kappa shape index (κ2) is 6.88. The molecule has 1 aromatic rings. The van der Waals surface area contributed by atoms with Gasteiger partial charge in [0.05, 0.1) is 4.92 Å². The van der Waals surface area contributed by atoms with Crippen molar-refractivity contribution in [2.45, 2.75) is 32.3 Å². The Morgan fingerprint density at radius 1 is 1.30 bits per heavy atom. The average Bonchev–Trinajstić information content (AvgIpc) is 2.96. The Morgan fingerprint density at radius 3 is 2.55 bits per heavy atom. The number of nitrogens with zero attached hydrogens (tertiary/aromatic N) is 1. The molecule has 1 amide bonds. The number of nitro groups is 1. The van der Waals surface area contributed by atoms with Gasteiger partial charge in [-0.2, -0.15) is 0 Å². The molecular weight excluding hydrogens is 260 g/mol. The number of non-ortho nitro benzene ring substituents is 1. The highest BCUT2D eigenvalue weighted by molar-refractivity contribution is 5.67. The maximum atomic E-state index is 11.5. The van der Waals surface area contributed by atoms with Gasteiger partial charge in [0, 0.05) is 18.7 Å². The molecule has 1 aromatic carbocycles. The highest BCUT2D eigenvalue weighted by atomic mass is 16.6. The van der Waals surface area contributed by atoms with E-state index < -0.39 is 11.0 Å². The first-order valence-electron chi connectivity index (χ1n) is 6.79. The van der Waals surface area contributed by atoms with Gasteiger partial charge in [0.25, 0.3) is 5.69 Å². The number of hydrogen-bond donors (Lipinski definition) is 1. The van der Waals surface area contributed by atoms with Crippen LogP contribution in [-0.2, 0) is 11.3 Å². The topological polar surface area (TPSA) is 81.5 Å². The molecule has 1 fully saturated rings. The maximum absolute atomic E-state index is 11.5. The molecule has 108 valence electrons. The molecule has 0 radical (unpaired) electrons. The van der Waals surface area contributed by atoms with E-state index >= 15 is 0 Å². The number of carbonyl (C=O) groups excluding carboxylic acids is 1. The minimum atomic E-state index is -0.459. The van der Waals surface area contributed by atoms with E-state index in [9.17, 15) is 14.9 Å². The van der Waals surface area contributed by atoms with E-state index in [-0.39, 0.29) is 12.3 Å². The monoisotopic (exact) mass is 278 g/mol. The molecule has 0 spiro atoms. The minimum Gasteiger partial charge on any atom is -0.445 e. The molecule has 2 rings (SSSR count). The molecule has 1 N–H and O–H groups in total. The Bertz CT molecular complexity index is 467. The van der Waals surface area contributed by atoms with Crippen LogP contribution in [0.5, 0.6) is 0 Å². The van der Waals surface area contributed by atoms with Gasteiger partial charge in [-0.05, 0) is 36.5 Å². The number of hydrogen-bond acceptors (Lipinski definition) is 4. The van der Waals surface area contributed by atoms with E-state index in [1.54, 1.807) is 12.1 Å².